The summed E-state index contributed by atoms with van der Waals surface area (Å²) in [6, 6.07) is 6.83. The zero-order valence-corrected chi connectivity index (χ0v) is 15.3. The van der Waals surface area contributed by atoms with Crippen LogP contribution in [-0.4, -0.2) is 63.3 Å². The van der Waals surface area contributed by atoms with E-state index in [2.05, 4.69) is 10.1 Å². The maximum atomic E-state index is 12.9. The first-order valence-electron chi connectivity index (χ1n) is 7.63. The molecule has 1 N–H and O–H groups in total. The molecule has 2 rings (SSSR count). The van der Waals surface area contributed by atoms with Gasteiger partial charge in [0.1, 0.15) is 0 Å². The Morgan fingerprint density at radius 1 is 1.46 bits per heavy atom. The van der Waals surface area contributed by atoms with Gasteiger partial charge in [0.15, 0.2) is 0 Å². The van der Waals surface area contributed by atoms with Crippen molar-refractivity contribution in [2.75, 3.05) is 40.3 Å². The third-order valence-corrected chi connectivity index (χ3v) is 6.35. The van der Waals surface area contributed by atoms with Crippen molar-refractivity contribution in [2.24, 2.45) is 0 Å². The van der Waals surface area contributed by atoms with Gasteiger partial charge >= 0.3 is 5.97 Å². The van der Waals surface area contributed by atoms with Crippen LogP contribution in [0.1, 0.15) is 18.0 Å². The molecule has 1 atom stereocenters. The highest BCUT2D eigenvalue weighted by molar-refractivity contribution is 7.86. The summed E-state index contributed by atoms with van der Waals surface area (Å²) in [6.07, 6.45) is 0.00901. The first-order chi connectivity index (χ1) is 11.4. The summed E-state index contributed by atoms with van der Waals surface area (Å²) in [7, 11) is -0.979. The molecular formula is C15H22ClN3O4S. The maximum Gasteiger partial charge on any atom is 0.306 e. The number of benzene rings is 1. The van der Waals surface area contributed by atoms with Crippen molar-refractivity contribution >= 4 is 27.8 Å². The molecule has 0 amide bonds. The molecule has 0 aromatic heterocycles. The van der Waals surface area contributed by atoms with Crippen molar-refractivity contribution in [3.63, 3.8) is 0 Å². The lowest BCUT2D eigenvalue weighted by Gasteiger charge is -2.37. The normalized spacial score (nSPS) is 19.4. The molecule has 1 heterocycles. The summed E-state index contributed by atoms with van der Waals surface area (Å²) < 4.78 is 33.0. The lowest BCUT2D eigenvalue weighted by molar-refractivity contribution is -0.140. The average Bonchev–Trinajstić information content (AvgIpc) is 2.59. The summed E-state index contributed by atoms with van der Waals surface area (Å²) in [5.74, 6) is -0.444. The third-order valence-electron chi connectivity index (χ3n) is 4.01. The molecule has 0 saturated carbocycles. The minimum Gasteiger partial charge on any atom is -0.469 e. The number of esters is 1. The summed E-state index contributed by atoms with van der Waals surface area (Å²) in [5.41, 5.74) is 0.760. The van der Waals surface area contributed by atoms with E-state index in [4.69, 9.17) is 11.6 Å². The second-order valence-electron chi connectivity index (χ2n) is 5.51. The molecule has 7 nitrogen and oxygen atoms in total. The summed E-state index contributed by atoms with van der Waals surface area (Å²) >= 11 is 6.25. The number of ether oxygens (including phenoxy) is 1. The van der Waals surface area contributed by atoms with Gasteiger partial charge in [-0.25, -0.2) is 0 Å². The van der Waals surface area contributed by atoms with Gasteiger partial charge in [-0.05, 0) is 11.6 Å². The van der Waals surface area contributed by atoms with Crippen molar-refractivity contribution in [3.05, 3.63) is 34.9 Å². The molecule has 1 aliphatic rings. The lowest BCUT2D eigenvalue weighted by atomic mass is 10.1. The fraction of sp³-hybridized carbons (Fsp3) is 0.533. The molecule has 1 saturated heterocycles. The molecule has 1 aromatic carbocycles. The zero-order chi connectivity index (χ0) is 17.7. The summed E-state index contributed by atoms with van der Waals surface area (Å²) in [6.45, 7) is 1.44. The number of nitrogens with one attached hydrogen (secondary N) is 1. The Kier molecular flexibility index (Phi) is 6.59. The highest BCUT2D eigenvalue weighted by atomic mass is 35.5. The maximum absolute atomic E-state index is 12.9. The molecule has 1 aromatic rings. The predicted octanol–water partition coefficient (Wildman–Crippen LogP) is 1.03. The van der Waals surface area contributed by atoms with E-state index in [0.717, 1.165) is 5.56 Å². The van der Waals surface area contributed by atoms with Crippen molar-refractivity contribution in [3.8, 4) is 0 Å². The number of rotatable bonds is 6. The van der Waals surface area contributed by atoms with E-state index in [9.17, 15) is 13.2 Å². The molecule has 1 fully saturated rings. The van der Waals surface area contributed by atoms with Crippen LogP contribution in [0.3, 0.4) is 0 Å². The van der Waals surface area contributed by atoms with E-state index in [1.54, 1.807) is 6.07 Å². The van der Waals surface area contributed by atoms with Crippen LogP contribution >= 0.6 is 11.6 Å². The minimum atomic E-state index is -3.72. The van der Waals surface area contributed by atoms with Crippen LogP contribution in [-0.2, 0) is 19.7 Å². The van der Waals surface area contributed by atoms with E-state index < -0.39 is 22.2 Å². The van der Waals surface area contributed by atoms with Crippen molar-refractivity contribution in [1.82, 2.24) is 13.9 Å². The molecular weight excluding hydrogens is 354 g/mol. The van der Waals surface area contributed by atoms with Gasteiger partial charge < -0.3 is 10.1 Å². The van der Waals surface area contributed by atoms with E-state index in [0.29, 0.717) is 24.7 Å². The van der Waals surface area contributed by atoms with Gasteiger partial charge in [-0.2, -0.15) is 17.0 Å². The van der Waals surface area contributed by atoms with Gasteiger partial charge in [0, 0.05) is 38.2 Å². The number of carbonyl (C=O) groups is 1. The van der Waals surface area contributed by atoms with Crippen LogP contribution in [0.25, 0.3) is 0 Å². The number of methoxy groups -OCH3 is 1. The smallest absolute Gasteiger partial charge is 0.306 e. The monoisotopic (exact) mass is 375 g/mol. The Bertz CT molecular complexity index is 683. The van der Waals surface area contributed by atoms with Crippen LogP contribution in [0.2, 0.25) is 5.02 Å². The van der Waals surface area contributed by atoms with Crippen LogP contribution < -0.4 is 5.32 Å². The fourth-order valence-corrected chi connectivity index (χ4v) is 4.39. The topological polar surface area (TPSA) is 79.0 Å². The molecule has 24 heavy (non-hydrogen) atoms. The summed E-state index contributed by atoms with van der Waals surface area (Å²) in [5, 5.41) is 3.73. The Balaban J connectivity index is 2.22. The van der Waals surface area contributed by atoms with E-state index in [1.807, 2.05) is 18.2 Å². The number of carbonyl (C=O) groups excluding carboxylic acids is 1. The van der Waals surface area contributed by atoms with Gasteiger partial charge in [0.05, 0.1) is 19.6 Å². The van der Waals surface area contributed by atoms with Gasteiger partial charge in [-0.1, -0.05) is 29.8 Å². The van der Waals surface area contributed by atoms with Gasteiger partial charge in [0.2, 0.25) is 0 Å². The third kappa shape index (κ3) is 4.25. The average molecular weight is 376 g/mol. The zero-order valence-electron chi connectivity index (χ0n) is 13.7. The fourth-order valence-electron chi connectivity index (χ4n) is 2.62. The van der Waals surface area contributed by atoms with Crippen LogP contribution in [0, 0.1) is 0 Å². The Hall–Kier alpha value is -1.19. The summed E-state index contributed by atoms with van der Waals surface area (Å²) in [4.78, 5) is 11.3. The molecule has 0 spiro atoms. The molecule has 9 heteroatoms. The first-order valence-corrected chi connectivity index (χ1v) is 9.40. The van der Waals surface area contributed by atoms with Crippen molar-refractivity contribution < 1.29 is 17.9 Å². The second kappa shape index (κ2) is 8.26. The minimum absolute atomic E-state index is 0.00901. The van der Waals surface area contributed by atoms with Crippen LogP contribution in [0.15, 0.2) is 24.3 Å². The molecule has 1 aliphatic heterocycles. The van der Waals surface area contributed by atoms with Crippen molar-refractivity contribution in [1.29, 1.82) is 0 Å². The van der Waals surface area contributed by atoms with E-state index in [-0.39, 0.29) is 13.0 Å². The Labute approximate surface area is 147 Å². The molecule has 134 valence electrons. The van der Waals surface area contributed by atoms with Crippen LogP contribution in [0.4, 0.5) is 0 Å². The highest BCUT2D eigenvalue weighted by Gasteiger charge is 2.36. The van der Waals surface area contributed by atoms with Crippen LogP contribution in [0.5, 0.6) is 0 Å². The lowest BCUT2D eigenvalue weighted by Crippen LogP contribution is -2.52. The van der Waals surface area contributed by atoms with E-state index in [1.165, 1.54) is 22.8 Å². The van der Waals surface area contributed by atoms with Crippen molar-refractivity contribution in [2.45, 2.75) is 12.5 Å². The Morgan fingerprint density at radius 3 is 2.83 bits per heavy atom. The number of halogens is 1. The van der Waals surface area contributed by atoms with E-state index >= 15 is 0 Å². The second-order valence-corrected chi connectivity index (χ2v) is 7.90. The molecule has 0 aliphatic carbocycles. The number of piperazine rings is 1. The number of hydrogen-bond donors (Lipinski definition) is 1. The highest BCUT2D eigenvalue weighted by Crippen LogP contribution is 2.31. The standard InChI is InChI=1S/C15H22ClN3O4S/c1-18(9-7-15(20)23-2)24(21,22)19-10-8-17-11-14(19)12-5-3-4-6-13(12)16/h3-6,14,17H,7-11H2,1-2H3. The Morgan fingerprint density at radius 2 is 2.17 bits per heavy atom. The molecule has 1 unspecified atom stereocenters. The SMILES string of the molecule is COC(=O)CCN(C)S(=O)(=O)N1CCNCC1c1ccccc1Cl. The quantitative estimate of drug-likeness (QED) is 0.751. The number of nitrogens with zero attached hydrogens (tertiary/aromatic N) is 2. The van der Waals surface area contributed by atoms with Gasteiger partial charge in [-0.3, -0.25) is 4.79 Å². The van der Waals surface area contributed by atoms with Gasteiger partial charge in [0.25, 0.3) is 10.2 Å². The number of hydrogen-bond acceptors (Lipinski definition) is 5. The predicted molar refractivity (Wildman–Crippen MR) is 92.0 cm³/mol. The largest absolute Gasteiger partial charge is 0.469 e. The van der Waals surface area contributed by atoms with Gasteiger partial charge in [-0.15, -0.1) is 0 Å². The molecule has 0 bridgehead atoms. The first kappa shape index (κ1) is 19.1. The molecule has 0 radical (unpaired) electrons.